The largest absolute Gasteiger partial charge is 0.371 e. The molecule has 0 radical (unpaired) electrons. The van der Waals surface area contributed by atoms with Crippen LogP contribution in [0.2, 0.25) is 0 Å². The Balaban J connectivity index is 1.36. The summed E-state index contributed by atoms with van der Waals surface area (Å²) in [5.41, 5.74) is 11.5. The van der Waals surface area contributed by atoms with E-state index in [9.17, 15) is 9.59 Å². The molecule has 0 saturated carbocycles. The maximum Gasteiger partial charge on any atom is 0.185 e. The average molecular weight is 647 g/mol. The lowest BCUT2D eigenvalue weighted by Crippen LogP contribution is -2.31. The van der Waals surface area contributed by atoms with Gasteiger partial charge in [0.1, 0.15) is 6.04 Å². The number of carbonyl (C=O) groups is 2. The third kappa shape index (κ3) is 5.06. The molecule has 4 aromatic rings. The van der Waals surface area contributed by atoms with E-state index < -0.39 is 6.04 Å². The van der Waals surface area contributed by atoms with Crippen LogP contribution >= 0.6 is 0 Å². The van der Waals surface area contributed by atoms with Gasteiger partial charge in [-0.1, -0.05) is 121 Å². The summed E-state index contributed by atoms with van der Waals surface area (Å²) in [6, 6.07) is 39.1. The summed E-state index contributed by atoms with van der Waals surface area (Å²) in [6.45, 7) is 0. The van der Waals surface area contributed by atoms with Crippen molar-refractivity contribution < 1.29 is 9.59 Å². The van der Waals surface area contributed by atoms with Crippen LogP contribution in [0, 0.1) is 0 Å². The van der Waals surface area contributed by atoms with E-state index in [1.54, 1.807) is 6.08 Å². The number of fused-ring (bicyclic) bond motifs is 6. The highest BCUT2D eigenvalue weighted by molar-refractivity contribution is 6.37. The van der Waals surface area contributed by atoms with Gasteiger partial charge in [-0.2, -0.15) is 0 Å². The molecule has 6 nitrogen and oxygen atoms in total. The highest BCUT2D eigenvalue weighted by Crippen LogP contribution is 2.39. The first-order valence-electron chi connectivity index (χ1n) is 16.7. The first-order chi connectivity index (χ1) is 24.6. The van der Waals surface area contributed by atoms with Crippen LogP contribution in [0.4, 0.5) is 0 Å². The van der Waals surface area contributed by atoms with Crippen LogP contribution in [0.1, 0.15) is 28.7 Å². The fourth-order valence-electron chi connectivity index (χ4n) is 7.24. The molecule has 2 N–H and O–H groups in total. The minimum absolute atomic E-state index is 0.0224. The Hall–Kier alpha value is -6.66. The molecule has 0 aromatic heterocycles. The number of allylic oxidation sites excluding steroid dienone is 9. The Bertz CT molecular complexity index is 2390. The van der Waals surface area contributed by atoms with Crippen LogP contribution in [0.15, 0.2) is 190 Å². The smallest absolute Gasteiger partial charge is 0.185 e. The molecule has 1 saturated heterocycles. The first-order valence-corrected chi connectivity index (χ1v) is 16.7. The SMILES string of the molecule is O=C1CC2=C(c3ccccc3)C3=NC(=C(c4ccccc4)C4NC(=CC4=O)C(c4ccccc4)=C4C=CC(=N4)C(c4ccccc4)=C1N2)C=C3. The van der Waals surface area contributed by atoms with Gasteiger partial charge in [-0.15, -0.1) is 0 Å². The topological polar surface area (TPSA) is 82.9 Å². The van der Waals surface area contributed by atoms with Crippen LogP contribution < -0.4 is 10.6 Å². The molecule has 8 bridgehead atoms. The number of Topliss-reactive ketones (excluding diaryl/α,β-unsaturated/α-hetero) is 1. The Morgan fingerprint density at radius 2 is 1.04 bits per heavy atom. The predicted molar refractivity (Wildman–Crippen MR) is 199 cm³/mol. The standard InChI is InChI=1S/C44H30N4O2/c49-37-25-35-39(27-13-5-1-6-14-27)31-21-23-33(45-31)41(29-17-9-3-10-18-29)44-38(50)26-36(48-44)40(28-15-7-2-8-16-28)32-22-24-34(46-32)42(43(37)47-35)30-19-11-4-12-20-30/h1-25,43,47-48H,26H2. The maximum atomic E-state index is 14.1. The van der Waals surface area contributed by atoms with E-state index in [0.717, 1.165) is 50.2 Å². The van der Waals surface area contributed by atoms with Gasteiger partial charge in [-0.25, -0.2) is 9.98 Å². The molecule has 50 heavy (non-hydrogen) atoms. The summed E-state index contributed by atoms with van der Waals surface area (Å²) in [5.74, 6) is -0.0845. The molecule has 6 heteroatoms. The van der Waals surface area contributed by atoms with Gasteiger partial charge in [-0.3, -0.25) is 9.59 Å². The molecule has 5 heterocycles. The van der Waals surface area contributed by atoms with Gasteiger partial charge >= 0.3 is 0 Å². The van der Waals surface area contributed by atoms with Crippen LogP contribution in [0.25, 0.3) is 22.3 Å². The van der Waals surface area contributed by atoms with E-state index in [1.165, 1.54) is 0 Å². The summed E-state index contributed by atoms with van der Waals surface area (Å²) in [4.78, 5) is 38.7. The van der Waals surface area contributed by atoms with Crippen molar-refractivity contribution in [2.45, 2.75) is 12.5 Å². The van der Waals surface area contributed by atoms with Crippen LogP contribution in [-0.2, 0) is 9.59 Å². The zero-order valence-electron chi connectivity index (χ0n) is 26.9. The van der Waals surface area contributed by atoms with Crippen molar-refractivity contribution in [2.75, 3.05) is 0 Å². The Morgan fingerprint density at radius 3 is 1.66 bits per heavy atom. The normalized spacial score (nSPS) is 19.6. The predicted octanol–water partition coefficient (Wildman–Crippen LogP) is 7.65. The van der Waals surface area contributed by atoms with Crippen LogP contribution in [-0.4, -0.2) is 29.0 Å². The average Bonchev–Trinajstić information content (AvgIpc) is 3.97. The summed E-state index contributed by atoms with van der Waals surface area (Å²) in [5, 5.41) is 7.19. The van der Waals surface area contributed by atoms with Gasteiger partial charge in [0, 0.05) is 39.8 Å². The molecule has 5 aliphatic rings. The lowest BCUT2D eigenvalue weighted by Gasteiger charge is -2.20. The van der Waals surface area contributed by atoms with Crippen LogP contribution in [0.5, 0.6) is 0 Å². The van der Waals surface area contributed by atoms with Crippen LogP contribution in [0.3, 0.4) is 0 Å². The fraction of sp³-hybridized carbons (Fsp3) is 0.0455. The zero-order chi connectivity index (χ0) is 33.6. The number of ketones is 2. The Kier molecular flexibility index (Phi) is 7.13. The lowest BCUT2D eigenvalue weighted by molar-refractivity contribution is -0.115. The first kappa shape index (κ1) is 29.5. The maximum absolute atomic E-state index is 14.1. The number of aliphatic imine (C=N–C) groups is 2. The number of hydrogen-bond donors (Lipinski definition) is 2. The molecule has 0 amide bonds. The van der Waals surface area contributed by atoms with Gasteiger partial charge in [0.2, 0.25) is 0 Å². The molecule has 4 aromatic carbocycles. The number of nitrogens with one attached hydrogen (secondary N) is 2. The van der Waals surface area contributed by atoms with E-state index >= 15 is 0 Å². The second kappa shape index (κ2) is 12.1. The minimum Gasteiger partial charge on any atom is -0.371 e. The summed E-state index contributed by atoms with van der Waals surface area (Å²) < 4.78 is 0. The second-order valence-corrected chi connectivity index (χ2v) is 12.6. The van der Waals surface area contributed by atoms with E-state index in [0.29, 0.717) is 34.2 Å². The van der Waals surface area contributed by atoms with Gasteiger partial charge in [0.15, 0.2) is 11.6 Å². The number of benzene rings is 4. The lowest BCUT2D eigenvalue weighted by atomic mass is 9.94. The van der Waals surface area contributed by atoms with E-state index in [4.69, 9.17) is 9.98 Å². The molecular weight excluding hydrogens is 617 g/mol. The molecule has 238 valence electrons. The van der Waals surface area contributed by atoms with E-state index in [2.05, 4.69) is 10.6 Å². The van der Waals surface area contributed by atoms with Crippen molar-refractivity contribution in [1.82, 2.24) is 10.6 Å². The number of rotatable bonds is 4. The zero-order valence-corrected chi connectivity index (χ0v) is 26.9. The van der Waals surface area contributed by atoms with Gasteiger partial charge in [-0.05, 0) is 46.6 Å². The molecule has 0 aliphatic carbocycles. The summed E-state index contributed by atoms with van der Waals surface area (Å²) >= 11 is 0. The van der Waals surface area contributed by atoms with Gasteiger partial charge in [0.25, 0.3) is 0 Å². The van der Waals surface area contributed by atoms with E-state index in [-0.39, 0.29) is 18.0 Å². The van der Waals surface area contributed by atoms with Crippen molar-refractivity contribution in [3.63, 3.8) is 0 Å². The molecular formula is C44H30N4O2. The Morgan fingerprint density at radius 1 is 0.540 bits per heavy atom. The van der Waals surface area contributed by atoms with Crippen molar-refractivity contribution in [3.8, 4) is 0 Å². The third-order valence-corrected chi connectivity index (χ3v) is 9.47. The number of carbonyl (C=O) groups excluding carboxylic acids is 2. The minimum atomic E-state index is -0.679. The fourth-order valence-corrected chi connectivity index (χ4v) is 7.24. The summed E-state index contributed by atoms with van der Waals surface area (Å²) in [7, 11) is 0. The van der Waals surface area contributed by atoms with Gasteiger partial charge in [0.05, 0.1) is 34.9 Å². The number of nitrogens with zero attached hydrogens (tertiary/aromatic N) is 2. The van der Waals surface area contributed by atoms with E-state index in [1.807, 2.05) is 146 Å². The molecule has 1 unspecified atom stereocenters. The van der Waals surface area contributed by atoms with Crippen molar-refractivity contribution in [2.24, 2.45) is 9.98 Å². The quantitative estimate of drug-likeness (QED) is 0.239. The Labute approximate surface area is 289 Å². The van der Waals surface area contributed by atoms with Crippen molar-refractivity contribution >= 4 is 45.3 Å². The molecule has 1 fully saturated rings. The van der Waals surface area contributed by atoms with Crippen molar-refractivity contribution in [1.29, 1.82) is 0 Å². The summed E-state index contributed by atoms with van der Waals surface area (Å²) in [6.07, 6.45) is 9.75. The van der Waals surface area contributed by atoms with Crippen molar-refractivity contribution in [3.05, 3.63) is 202 Å². The van der Waals surface area contributed by atoms with Gasteiger partial charge < -0.3 is 10.6 Å². The highest BCUT2D eigenvalue weighted by atomic mass is 16.1. The molecule has 9 rings (SSSR count). The second-order valence-electron chi connectivity index (χ2n) is 12.6. The molecule has 5 aliphatic heterocycles. The number of hydrogen-bond acceptors (Lipinski definition) is 6. The monoisotopic (exact) mass is 646 g/mol. The molecule has 1 atom stereocenters. The highest BCUT2D eigenvalue weighted by Gasteiger charge is 2.36. The third-order valence-electron chi connectivity index (χ3n) is 9.47. The molecule has 0 spiro atoms.